The molecule has 0 amide bonds. The SMILES string of the molecule is CC(C#CC1=CCCCC1)OCCBr. The molecule has 14 heavy (non-hydrogen) atoms. The van der Waals surface area contributed by atoms with E-state index in [2.05, 4.69) is 33.8 Å². The van der Waals surface area contributed by atoms with Gasteiger partial charge in [-0.25, -0.2) is 0 Å². The van der Waals surface area contributed by atoms with Crippen molar-refractivity contribution in [2.24, 2.45) is 0 Å². The number of hydrogen-bond acceptors (Lipinski definition) is 1. The largest absolute Gasteiger partial charge is 0.365 e. The van der Waals surface area contributed by atoms with Gasteiger partial charge in [-0.05, 0) is 38.2 Å². The van der Waals surface area contributed by atoms with E-state index in [1.165, 1.54) is 24.8 Å². The molecule has 0 aromatic carbocycles. The molecule has 1 rings (SSSR count). The van der Waals surface area contributed by atoms with Gasteiger partial charge in [0.2, 0.25) is 0 Å². The van der Waals surface area contributed by atoms with E-state index in [1.807, 2.05) is 6.92 Å². The van der Waals surface area contributed by atoms with Gasteiger partial charge in [-0.2, -0.15) is 0 Å². The fourth-order valence-corrected chi connectivity index (χ4v) is 1.60. The summed E-state index contributed by atoms with van der Waals surface area (Å²) < 4.78 is 5.43. The highest BCUT2D eigenvalue weighted by Gasteiger charge is 2.00. The second kappa shape index (κ2) is 7.09. The molecule has 2 heteroatoms. The van der Waals surface area contributed by atoms with Crippen LogP contribution in [0.15, 0.2) is 11.6 Å². The second-order valence-electron chi connectivity index (χ2n) is 3.45. The van der Waals surface area contributed by atoms with Crippen molar-refractivity contribution < 1.29 is 4.74 Å². The van der Waals surface area contributed by atoms with Crippen molar-refractivity contribution in [2.45, 2.75) is 38.7 Å². The van der Waals surface area contributed by atoms with Crippen molar-refractivity contribution in [1.82, 2.24) is 0 Å². The van der Waals surface area contributed by atoms with Crippen molar-refractivity contribution in [3.63, 3.8) is 0 Å². The molecule has 1 aliphatic carbocycles. The number of halogens is 1. The van der Waals surface area contributed by atoms with E-state index in [4.69, 9.17) is 4.74 Å². The zero-order valence-electron chi connectivity index (χ0n) is 8.68. The fourth-order valence-electron chi connectivity index (χ4n) is 1.41. The minimum absolute atomic E-state index is 0.0513. The Kier molecular flexibility index (Phi) is 5.98. The maximum atomic E-state index is 5.43. The lowest BCUT2D eigenvalue weighted by atomic mass is 10.00. The molecule has 0 saturated carbocycles. The predicted molar refractivity (Wildman–Crippen MR) is 63.5 cm³/mol. The van der Waals surface area contributed by atoms with E-state index in [0.29, 0.717) is 0 Å². The number of ether oxygens (including phenoxy) is 1. The van der Waals surface area contributed by atoms with Crippen molar-refractivity contribution >= 4 is 15.9 Å². The molecule has 0 aliphatic heterocycles. The Morgan fingerprint density at radius 2 is 2.43 bits per heavy atom. The van der Waals surface area contributed by atoms with E-state index in [9.17, 15) is 0 Å². The molecular formula is C12H17BrO. The summed E-state index contributed by atoms with van der Waals surface area (Å²) in [6, 6.07) is 0. The third-order valence-corrected chi connectivity index (χ3v) is 2.50. The Hall–Kier alpha value is -0.260. The summed E-state index contributed by atoms with van der Waals surface area (Å²) >= 11 is 3.32. The molecule has 1 atom stereocenters. The van der Waals surface area contributed by atoms with Gasteiger partial charge >= 0.3 is 0 Å². The lowest BCUT2D eigenvalue weighted by Crippen LogP contribution is -2.07. The van der Waals surface area contributed by atoms with Crippen LogP contribution in [0.4, 0.5) is 0 Å². The topological polar surface area (TPSA) is 9.23 Å². The minimum Gasteiger partial charge on any atom is -0.365 e. The lowest BCUT2D eigenvalue weighted by molar-refractivity contribution is 0.119. The van der Waals surface area contributed by atoms with Crippen LogP contribution >= 0.6 is 15.9 Å². The molecule has 1 unspecified atom stereocenters. The molecule has 0 aromatic heterocycles. The molecule has 0 saturated heterocycles. The van der Waals surface area contributed by atoms with E-state index in [1.54, 1.807) is 0 Å². The smallest absolute Gasteiger partial charge is 0.115 e. The van der Waals surface area contributed by atoms with Crippen molar-refractivity contribution in [3.05, 3.63) is 11.6 Å². The summed E-state index contributed by atoms with van der Waals surface area (Å²) in [5.74, 6) is 6.33. The van der Waals surface area contributed by atoms with Gasteiger partial charge in [0.25, 0.3) is 0 Å². The fraction of sp³-hybridized carbons (Fsp3) is 0.667. The summed E-state index contributed by atoms with van der Waals surface area (Å²) in [6.07, 6.45) is 7.26. The monoisotopic (exact) mass is 256 g/mol. The average molecular weight is 257 g/mol. The number of alkyl halides is 1. The van der Waals surface area contributed by atoms with Crippen LogP contribution in [-0.4, -0.2) is 18.0 Å². The molecular weight excluding hydrogens is 240 g/mol. The highest BCUT2D eigenvalue weighted by atomic mass is 79.9. The molecule has 78 valence electrons. The quantitative estimate of drug-likeness (QED) is 0.557. The number of hydrogen-bond donors (Lipinski definition) is 0. The standard InChI is InChI=1S/C12H17BrO/c1-11(14-10-9-13)7-8-12-5-3-2-4-6-12/h5,11H,2-4,6,9-10H2,1H3. The normalized spacial score (nSPS) is 18.0. The van der Waals surface area contributed by atoms with Crippen LogP contribution in [0.3, 0.4) is 0 Å². The maximum Gasteiger partial charge on any atom is 0.115 e. The van der Waals surface area contributed by atoms with Gasteiger partial charge in [0.05, 0.1) is 6.61 Å². The summed E-state index contributed by atoms with van der Waals surface area (Å²) in [5.41, 5.74) is 1.30. The Labute approximate surface area is 95.0 Å². The number of allylic oxidation sites excluding steroid dienone is 2. The molecule has 0 aromatic rings. The first kappa shape index (κ1) is 11.8. The van der Waals surface area contributed by atoms with Crippen molar-refractivity contribution in [1.29, 1.82) is 0 Å². The van der Waals surface area contributed by atoms with Crippen LogP contribution in [0.25, 0.3) is 0 Å². The van der Waals surface area contributed by atoms with Crippen molar-refractivity contribution in [3.8, 4) is 11.8 Å². The van der Waals surface area contributed by atoms with Gasteiger partial charge < -0.3 is 4.74 Å². The van der Waals surface area contributed by atoms with Crippen LogP contribution in [-0.2, 0) is 4.74 Å². The average Bonchev–Trinajstić information content (AvgIpc) is 2.25. The third kappa shape index (κ3) is 4.83. The van der Waals surface area contributed by atoms with E-state index < -0.39 is 0 Å². The lowest BCUT2D eigenvalue weighted by Gasteiger charge is -2.07. The van der Waals surface area contributed by atoms with E-state index >= 15 is 0 Å². The van der Waals surface area contributed by atoms with Crippen LogP contribution < -0.4 is 0 Å². The molecule has 0 bridgehead atoms. The molecule has 0 fully saturated rings. The first-order valence-electron chi connectivity index (χ1n) is 5.21. The second-order valence-corrected chi connectivity index (χ2v) is 4.24. The summed E-state index contributed by atoms with van der Waals surface area (Å²) in [4.78, 5) is 0. The Balaban J connectivity index is 2.33. The molecule has 0 spiro atoms. The van der Waals surface area contributed by atoms with Gasteiger partial charge in [0.1, 0.15) is 6.10 Å². The van der Waals surface area contributed by atoms with E-state index in [-0.39, 0.29) is 6.10 Å². The van der Waals surface area contributed by atoms with Gasteiger partial charge in [0.15, 0.2) is 0 Å². The molecule has 0 heterocycles. The number of rotatable bonds is 3. The maximum absolute atomic E-state index is 5.43. The highest BCUT2D eigenvalue weighted by Crippen LogP contribution is 2.16. The molecule has 0 radical (unpaired) electrons. The molecule has 0 N–H and O–H groups in total. The Bertz CT molecular complexity index is 247. The van der Waals surface area contributed by atoms with Gasteiger partial charge in [-0.3, -0.25) is 0 Å². The van der Waals surface area contributed by atoms with Crippen molar-refractivity contribution in [2.75, 3.05) is 11.9 Å². The van der Waals surface area contributed by atoms with Crippen LogP contribution in [0.5, 0.6) is 0 Å². The zero-order valence-corrected chi connectivity index (χ0v) is 10.3. The third-order valence-electron chi connectivity index (χ3n) is 2.17. The highest BCUT2D eigenvalue weighted by molar-refractivity contribution is 9.09. The van der Waals surface area contributed by atoms with Gasteiger partial charge in [0, 0.05) is 5.33 Å². The van der Waals surface area contributed by atoms with Crippen LogP contribution in [0.2, 0.25) is 0 Å². The first-order chi connectivity index (χ1) is 6.83. The van der Waals surface area contributed by atoms with Crippen LogP contribution in [0.1, 0.15) is 32.6 Å². The Morgan fingerprint density at radius 1 is 1.57 bits per heavy atom. The Morgan fingerprint density at radius 3 is 3.07 bits per heavy atom. The summed E-state index contributed by atoms with van der Waals surface area (Å²) in [7, 11) is 0. The summed E-state index contributed by atoms with van der Waals surface area (Å²) in [5, 5.41) is 0.877. The summed E-state index contributed by atoms with van der Waals surface area (Å²) in [6.45, 7) is 2.73. The minimum atomic E-state index is 0.0513. The van der Waals surface area contributed by atoms with E-state index in [0.717, 1.165) is 18.4 Å². The molecule has 1 nitrogen and oxygen atoms in total. The first-order valence-corrected chi connectivity index (χ1v) is 6.33. The van der Waals surface area contributed by atoms with Crippen LogP contribution in [0, 0.1) is 11.8 Å². The zero-order chi connectivity index (χ0) is 10.2. The van der Waals surface area contributed by atoms with Gasteiger partial charge in [-0.15, -0.1) is 0 Å². The van der Waals surface area contributed by atoms with Gasteiger partial charge in [-0.1, -0.05) is 33.8 Å². The molecule has 1 aliphatic rings. The predicted octanol–water partition coefficient (Wildman–Crippen LogP) is 3.29.